The molecule has 84 valence electrons. The molecule has 0 aliphatic heterocycles. The van der Waals surface area contributed by atoms with Crippen molar-refractivity contribution in [1.82, 2.24) is 5.43 Å². The molecule has 0 fully saturated rings. The van der Waals surface area contributed by atoms with Gasteiger partial charge in [0, 0.05) is 5.92 Å². The van der Waals surface area contributed by atoms with E-state index < -0.39 is 0 Å². The van der Waals surface area contributed by atoms with Gasteiger partial charge in [-0.2, -0.15) is 0 Å². The fourth-order valence-electron chi connectivity index (χ4n) is 1.51. The van der Waals surface area contributed by atoms with Gasteiger partial charge in [0.25, 0.3) is 0 Å². The lowest BCUT2D eigenvalue weighted by Gasteiger charge is -2.33. The molecule has 0 aliphatic carbocycles. The molecule has 3 heteroatoms. The molecule has 14 heavy (non-hydrogen) atoms. The van der Waals surface area contributed by atoms with Gasteiger partial charge in [0.05, 0.1) is 0 Å². The van der Waals surface area contributed by atoms with Crippen LogP contribution in [0.5, 0.6) is 0 Å². The van der Waals surface area contributed by atoms with Crippen molar-refractivity contribution in [3.05, 3.63) is 0 Å². The summed E-state index contributed by atoms with van der Waals surface area (Å²) in [6.45, 7) is 12.6. The molecule has 0 saturated carbocycles. The molecule has 3 N–H and O–H groups in total. The number of nitrogens with one attached hydrogen (secondary N) is 1. The zero-order valence-electron chi connectivity index (χ0n) is 10.3. The Kier molecular flexibility index (Phi) is 4.13. The van der Waals surface area contributed by atoms with Crippen LogP contribution >= 0.6 is 0 Å². The molecule has 3 nitrogen and oxygen atoms in total. The predicted octanol–water partition coefficient (Wildman–Crippen LogP) is 2.07. The van der Waals surface area contributed by atoms with Gasteiger partial charge in [0.15, 0.2) is 0 Å². The van der Waals surface area contributed by atoms with E-state index in [9.17, 15) is 4.79 Å². The summed E-state index contributed by atoms with van der Waals surface area (Å²) < 4.78 is 0. The van der Waals surface area contributed by atoms with Crippen LogP contribution in [0.4, 0.5) is 0 Å². The second-order valence-electron chi connectivity index (χ2n) is 6.19. The highest BCUT2D eigenvalue weighted by molar-refractivity contribution is 5.78. The van der Waals surface area contributed by atoms with Crippen LogP contribution in [0.3, 0.4) is 0 Å². The van der Waals surface area contributed by atoms with E-state index in [4.69, 9.17) is 5.84 Å². The first-order valence-corrected chi connectivity index (χ1v) is 5.08. The lowest BCUT2D eigenvalue weighted by atomic mass is 9.72. The third-order valence-corrected chi connectivity index (χ3v) is 2.32. The fraction of sp³-hybridized carbons (Fsp3) is 0.909. The van der Waals surface area contributed by atoms with Crippen molar-refractivity contribution >= 4 is 5.91 Å². The summed E-state index contributed by atoms with van der Waals surface area (Å²) in [5, 5.41) is 0. The van der Waals surface area contributed by atoms with Crippen molar-refractivity contribution in [1.29, 1.82) is 0 Å². The first kappa shape index (κ1) is 13.4. The Morgan fingerprint density at radius 2 is 1.64 bits per heavy atom. The van der Waals surface area contributed by atoms with Crippen molar-refractivity contribution in [2.75, 3.05) is 0 Å². The second kappa shape index (κ2) is 4.30. The van der Waals surface area contributed by atoms with Crippen molar-refractivity contribution in [3.8, 4) is 0 Å². The quantitative estimate of drug-likeness (QED) is 0.407. The Hall–Kier alpha value is -0.570. The summed E-state index contributed by atoms with van der Waals surface area (Å²) in [7, 11) is 0. The molecule has 0 heterocycles. The zero-order valence-corrected chi connectivity index (χ0v) is 10.3. The van der Waals surface area contributed by atoms with Gasteiger partial charge in [-0.3, -0.25) is 10.2 Å². The minimum absolute atomic E-state index is 0.0347. The molecular weight excluding hydrogens is 176 g/mol. The maximum Gasteiger partial charge on any atom is 0.237 e. The van der Waals surface area contributed by atoms with Crippen LogP contribution in [0.2, 0.25) is 0 Å². The lowest BCUT2D eigenvalue weighted by molar-refractivity contribution is -0.129. The average Bonchev–Trinajstić information content (AvgIpc) is 1.95. The van der Waals surface area contributed by atoms with E-state index in [0.717, 1.165) is 6.42 Å². The molecule has 0 aromatic rings. The Morgan fingerprint density at radius 3 is 1.86 bits per heavy atom. The van der Waals surface area contributed by atoms with Gasteiger partial charge in [0.1, 0.15) is 0 Å². The van der Waals surface area contributed by atoms with E-state index in [0.29, 0.717) is 0 Å². The Labute approximate surface area is 87.4 Å². The molecule has 0 aromatic heterocycles. The zero-order chi connectivity index (χ0) is 11.6. The highest BCUT2D eigenvalue weighted by Crippen LogP contribution is 2.35. The van der Waals surface area contributed by atoms with E-state index in [1.165, 1.54) is 0 Å². The van der Waals surface area contributed by atoms with Crippen molar-refractivity contribution in [3.63, 3.8) is 0 Å². The number of hydrogen-bond donors (Lipinski definition) is 2. The third-order valence-electron chi connectivity index (χ3n) is 2.32. The van der Waals surface area contributed by atoms with Crippen molar-refractivity contribution in [2.24, 2.45) is 22.6 Å². The molecule has 0 saturated heterocycles. The van der Waals surface area contributed by atoms with Gasteiger partial charge in [-0.05, 0) is 17.3 Å². The van der Waals surface area contributed by atoms with E-state index in [2.05, 4.69) is 47.0 Å². The van der Waals surface area contributed by atoms with Gasteiger partial charge < -0.3 is 0 Å². The molecule has 1 amide bonds. The van der Waals surface area contributed by atoms with Gasteiger partial charge in [-0.25, -0.2) is 5.84 Å². The maximum atomic E-state index is 11.6. The topological polar surface area (TPSA) is 55.1 Å². The number of rotatable bonds is 2. The van der Waals surface area contributed by atoms with Crippen LogP contribution in [-0.4, -0.2) is 5.91 Å². The lowest BCUT2D eigenvalue weighted by Crippen LogP contribution is -2.43. The van der Waals surface area contributed by atoms with Gasteiger partial charge in [-0.15, -0.1) is 0 Å². The van der Waals surface area contributed by atoms with Crippen LogP contribution in [0.1, 0.15) is 48.0 Å². The maximum absolute atomic E-state index is 11.6. The molecule has 0 aromatic carbocycles. The van der Waals surface area contributed by atoms with Crippen LogP contribution in [0.15, 0.2) is 0 Å². The summed E-state index contributed by atoms with van der Waals surface area (Å²) in [5.74, 6) is 5.09. The predicted molar refractivity (Wildman–Crippen MR) is 59.3 cm³/mol. The summed E-state index contributed by atoms with van der Waals surface area (Å²) in [6.07, 6.45) is 0.847. The van der Waals surface area contributed by atoms with Crippen molar-refractivity contribution < 1.29 is 4.79 Å². The average molecular weight is 200 g/mol. The van der Waals surface area contributed by atoms with E-state index in [1.807, 2.05) is 0 Å². The fourth-order valence-corrected chi connectivity index (χ4v) is 1.51. The van der Waals surface area contributed by atoms with Gasteiger partial charge in [0.2, 0.25) is 5.91 Å². The molecule has 0 rings (SSSR count). The normalized spacial score (nSPS) is 15.1. The molecule has 0 aliphatic rings. The number of carbonyl (C=O) groups excluding carboxylic acids is 1. The standard InChI is InChI=1S/C11H24N2O/c1-10(2,3)7-8(9(14)13-12)11(4,5)6/h8H,7,12H2,1-6H3,(H,13,14). The van der Waals surface area contributed by atoms with E-state index in [1.54, 1.807) is 0 Å². The number of hydrogen-bond acceptors (Lipinski definition) is 2. The molecular formula is C11H24N2O. The monoisotopic (exact) mass is 200 g/mol. The van der Waals surface area contributed by atoms with Crippen molar-refractivity contribution in [2.45, 2.75) is 48.0 Å². The highest BCUT2D eigenvalue weighted by atomic mass is 16.2. The Morgan fingerprint density at radius 1 is 1.21 bits per heavy atom. The Bertz CT molecular complexity index is 198. The largest absolute Gasteiger partial charge is 0.294 e. The number of hydrazine groups is 1. The first-order chi connectivity index (χ1) is 6.08. The highest BCUT2D eigenvalue weighted by Gasteiger charge is 2.34. The summed E-state index contributed by atoms with van der Waals surface area (Å²) >= 11 is 0. The minimum atomic E-state index is -0.0626. The first-order valence-electron chi connectivity index (χ1n) is 5.08. The van der Waals surface area contributed by atoms with E-state index >= 15 is 0 Å². The van der Waals surface area contributed by atoms with Gasteiger partial charge in [-0.1, -0.05) is 41.5 Å². The van der Waals surface area contributed by atoms with E-state index in [-0.39, 0.29) is 22.7 Å². The smallest absolute Gasteiger partial charge is 0.237 e. The van der Waals surface area contributed by atoms with Crippen LogP contribution < -0.4 is 11.3 Å². The Balaban J connectivity index is 4.67. The number of nitrogens with two attached hydrogens (primary N) is 1. The molecule has 1 atom stereocenters. The number of carbonyl (C=O) groups is 1. The summed E-state index contributed by atoms with van der Waals surface area (Å²) in [6, 6.07) is 0. The molecule has 0 bridgehead atoms. The SMILES string of the molecule is CC(C)(C)CC(C(=O)NN)C(C)(C)C. The van der Waals surface area contributed by atoms with Gasteiger partial charge >= 0.3 is 0 Å². The summed E-state index contributed by atoms with van der Waals surface area (Å²) in [4.78, 5) is 11.6. The summed E-state index contributed by atoms with van der Waals surface area (Å²) in [5.41, 5.74) is 2.35. The second-order valence-corrected chi connectivity index (χ2v) is 6.19. The van der Waals surface area contributed by atoms with Crippen LogP contribution in [0, 0.1) is 16.7 Å². The molecule has 0 spiro atoms. The number of amides is 1. The molecule has 0 radical (unpaired) electrons. The minimum Gasteiger partial charge on any atom is -0.294 e. The van der Waals surface area contributed by atoms with Crippen LogP contribution in [0.25, 0.3) is 0 Å². The molecule has 1 unspecified atom stereocenters. The third kappa shape index (κ3) is 4.61. The van der Waals surface area contributed by atoms with Crippen LogP contribution in [-0.2, 0) is 4.79 Å².